The lowest BCUT2D eigenvalue weighted by molar-refractivity contribution is -0.122. The zero-order valence-electron chi connectivity index (χ0n) is 14.0. The molecule has 5 nitrogen and oxygen atoms in total. The zero-order chi connectivity index (χ0) is 18.3. The van der Waals surface area contributed by atoms with Gasteiger partial charge in [-0.3, -0.25) is 9.59 Å². The second-order valence-corrected chi connectivity index (χ2v) is 8.77. The molecule has 1 aliphatic heterocycles. The molecule has 132 valence electrons. The van der Waals surface area contributed by atoms with E-state index in [-0.39, 0.29) is 24.2 Å². The van der Waals surface area contributed by atoms with Crippen molar-refractivity contribution in [2.75, 3.05) is 16.8 Å². The van der Waals surface area contributed by atoms with Crippen LogP contribution in [0.5, 0.6) is 0 Å². The normalized spacial score (nSPS) is 17.1. The molecule has 1 N–H and O–H groups in total. The highest BCUT2D eigenvalue weighted by molar-refractivity contribution is 14.1. The maximum absolute atomic E-state index is 12.5. The highest BCUT2D eigenvalue weighted by Crippen LogP contribution is 2.30. The maximum Gasteiger partial charge on any atom is 0.229 e. The number of aryl methyl sites for hydroxylation is 1. The number of carbonyl (C=O) groups excluding carboxylic acids is 2. The fourth-order valence-electron chi connectivity index (χ4n) is 3.11. The van der Waals surface area contributed by atoms with E-state index < -0.39 is 0 Å². The quantitative estimate of drug-likeness (QED) is 0.576. The van der Waals surface area contributed by atoms with E-state index in [4.69, 9.17) is 0 Å². The van der Waals surface area contributed by atoms with Crippen molar-refractivity contribution in [2.45, 2.75) is 13.3 Å². The first-order chi connectivity index (χ1) is 12.5. The summed E-state index contributed by atoms with van der Waals surface area (Å²) in [5, 5.41) is 3.90. The summed E-state index contributed by atoms with van der Waals surface area (Å²) in [4.78, 5) is 31.2. The molecule has 4 rings (SSSR count). The third-order valence-electron chi connectivity index (χ3n) is 4.40. The number of amides is 2. The Morgan fingerprint density at radius 1 is 1.27 bits per heavy atom. The van der Waals surface area contributed by atoms with Crippen molar-refractivity contribution in [3.63, 3.8) is 0 Å². The van der Waals surface area contributed by atoms with E-state index in [0.717, 1.165) is 30.2 Å². The van der Waals surface area contributed by atoms with Crippen LogP contribution in [0.3, 0.4) is 0 Å². The van der Waals surface area contributed by atoms with Gasteiger partial charge in [0.1, 0.15) is 0 Å². The summed E-state index contributed by atoms with van der Waals surface area (Å²) >= 11 is 3.85. The van der Waals surface area contributed by atoms with E-state index in [1.165, 1.54) is 0 Å². The zero-order valence-corrected chi connectivity index (χ0v) is 17.0. The molecule has 2 heterocycles. The number of benzene rings is 2. The third-order valence-corrected chi connectivity index (χ3v) is 6.07. The standard InChI is InChI=1S/C19H16IN3O2S/c1-11-21-16-9-15(6-7-17(16)26-11)23-10-12(8-18(23)24)19(25)22-14-4-2-13(20)3-5-14/h2-7,9,12H,8,10H2,1H3,(H,22,25). The average Bonchev–Trinajstić information content (AvgIpc) is 3.18. The van der Waals surface area contributed by atoms with Gasteiger partial charge in [-0.05, 0) is 72.0 Å². The van der Waals surface area contributed by atoms with E-state index in [1.807, 2.05) is 49.4 Å². The fraction of sp³-hybridized carbons (Fsp3) is 0.211. The number of halogens is 1. The van der Waals surface area contributed by atoms with E-state index in [1.54, 1.807) is 16.2 Å². The van der Waals surface area contributed by atoms with Crippen LogP contribution in [-0.4, -0.2) is 23.3 Å². The van der Waals surface area contributed by atoms with Crippen LogP contribution in [0.4, 0.5) is 11.4 Å². The number of fused-ring (bicyclic) bond motifs is 1. The molecule has 7 heteroatoms. The number of nitrogens with zero attached hydrogens (tertiary/aromatic N) is 2. The Labute approximate surface area is 168 Å². The first-order valence-corrected chi connectivity index (χ1v) is 10.1. The van der Waals surface area contributed by atoms with Crippen LogP contribution >= 0.6 is 33.9 Å². The van der Waals surface area contributed by atoms with Gasteiger partial charge in [0.05, 0.1) is 21.1 Å². The molecule has 2 amide bonds. The number of nitrogens with one attached hydrogen (secondary N) is 1. The maximum atomic E-state index is 12.5. The van der Waals surface area contributed by atoms with Gasteiger partial charge in [-0.2, -0.15) is 0 Å². The lowest BCUT2D eigenvalue weighted by atomic mass is 10.1. The molecular weight excluding hydrogens is 461 g/mol. The van der Waals surface area contributed by atoms with Gasteiger partial charge in [-0.15, -0.1) is 11.3 Å². The van der Waals surface area contributed by atoms with Crippen LogP contribution in [0.2, 0.25) is 0 Å². The third kappa shape index (κ3) is 3.45. The van der Waals surface area contributed by atoms with Crippen LogP contribution in [-0.2, 0) is 9.59 Å². The number of aromatic nitrogens is 1. The smallest absolute Gasteiger partial charge is 0.229 e. The van der Waals surface area contributed by atoms with Crippen molar-refractivity contribution in [1.29, 1.82) is 0 Å². The number of carbonyl (C=O) groups is 2. The lowest BCUT2D eigenvalue weighted by Crippen LogP contribution is -2.28. The van der Waals surface area contributed by atoms with Crippen molar-refractivity contribution < 1.29 is 9.59 Å². The minimum atomic E-state index is -0.352. The Hall–Kier alpha value is -2.00. The van der Waals surface area contributed by atoms with Crippen molar-refractivity contribution in [2.24, 2.45) is 5.92 Å². The molecule has 1 fully saturated rings. The SMILES string of the molecule is Cc1nc2cc(N3CC(C(=O)Nc4ccc(I)cc4)CC3=O)ccc2s1. The number of anilines is 2. The topological polar surface area (TPSA) is 62.3 Å². The van der Waals surface area contributed by atoms with Crippen LogP contribution < -0.4 is 10.2 Å². The second-order valence-electron chi connectivity index (χ2n) is 6.29. The monoisotopic (exact) mass is 477 g/mol. The minimum Gasteiger partial charge on any atom is -0.326 e. The highest BCUT2D eigenvalue weighted by atomic mass is 127. The molecule has 0 aliphatic carbocycles. The fourth-order valence-corrected chi connectivity index (χ4v) is 4.28. The first-order valence-electron chi connectivity index (χ1n) is 8.23. The molecular formula is C19H16IN3O2S. The van der Waals surface area contributed by atoms with Gasteiger partial charge >= 0.3 is 0 Å². The second kappa shape index (κ2) is 6.96. The molecule has 26 heavy (non-hydrogen) atoms. The van der Waals surface area contributed by atoms with E-state index in [2.05, 4.69) is 32.9 Å². The Morgan fingerprint density at radius 3 is 2.81 bits per heavy atom. The highest BCUT2D eigenvalue weighted by Gasteiger charge is 2.35. The molecule has 1 unspecified atom stereocenters. The van der Waals surface area contributed by atoms with Crippen LogP contribution in [0.25, 0.3) is 10.2 Å². The van der Waals surface area contributed by atoms with Gasteiger partial charge in [0, 0.05) is 27.9 Å². The van der Waals surface area contributed by atoms with Crippen LogP contribution in [0.1, 0.15) is 11.4 Å². The van der Waals surface area contributed by atoms with E-state index >= 15 is 0 Å². The van der Waals surface area contributed by atoms with E-state index in [0.29, 0.717) is 6.54 Å². The van der Waals surface area contributed by atoms with Gasteiger partial charge in [-0.25, -0.2) is 4.98 Å². The molecule has 1 saturated heterocycles. The molecule has 3 aromatic rings. The summed E-state index contributed by atoms with van der Waals surface area (Å²) in [6.45, 7) is 2.36. The Balaban J connectivity index is 1.50. The van der Waals surface area contributed by atoms with Gasteiger partial charge in [-0.1, -0.05) is 0 Å². The van der Waals surface area contributed by atoms with Gasteiger partial charge in [0.25, 0.3) is 0 Å². The Morgan fingerprint density at radius 2 is 2.04 bits per heavy atom. The molecule has 0 spiro atoms. The number of rotatable bonds is 3. The van der Waals surface area contributed by atoms with Crippen LogP contribution in [0.15, 0.2) is 42.5 Å². The molecule has 0 saturated carbocycles. The average molecular weight is 477 g/mol. The van der Waals surface area contributed by atoms with Crippen molar-refractivity contribution in [1.82, 2.24) is 4.98 Å². The van der Waals surface area contributed by atoms with Crippen LogP contribution in [0, 0.1) is 16.4 Å². The van der Waals surface area contributed by atoms with Crippen molar-refractivity contribution >= 4 is 67.3 Å². The number of hydrogen-bond donors (Lipinski definition) is 1. The lowest BCUT2D eigenvalue weighted by Gasteiger charge is -2.16. The Kier molecular flexibility index (Phi) is 4.66. The summed E-state index contributed by atoms with van der Waals surface area (Å²) in [7, 11) is 0. The number of thiazole rings is 1. The van der Waals surface area contributed by atoms with Gasteiger partial charge in [0.15, 0.2) is 0 Å². The molecule has 1 aliphatic rings. The Bertz CT molecular complexity index is 1000. The largest absolute Gasteiger partial charge is 0.326 e. The predicted molar refractivity (Wildman–Crippen MR) is 113 cm³/mol. The summed E-state index contributed by atoms with van der Waals surface area (Å²) < 4.78 is 2.21. The van der Waals surface area contributed by atoms with Gasteiger partial charge < -0.3 is 10.2 Å². The summed E-state index contributed by atoms with van der Waals surface area (Å²) in [5.74, 6) is -0.499. The first kappa shape index (κ1) is 17.4. The summed E-state index contributed by atoms with van der Waals surface area (Å²) in [5.41, 5.74) is 2.45. The molecule has 0 bridgehead atoms. The molecule has 1 aromatic heterocycles. The molecule has 1 atom stereocenters. The minimum absolute atomic E-state index is 0.0286. The summed E-state index contributed by atoms with van der Waals surface area (Å²) in [6.07, 6.45) is 0.227. The van der Waals surface area contributed by atoms with Crippen molar-refractivity contribution in [3.05, 3.63) is 51.0 Å². The summed E-state index contributed by atoms with van der Waals surface area (Å²) in [6, 6.07) is 13.5. The van der Waals surface area contributed by atoms with Crippen molar-refractivity contribution in [3.8, 4) is 0 Å². The molecule has 2 aromatic carbocycles. The molecule has 0 radical (unpaired) electrons. The number of hydrogen-bond acceptors (Lipinski definition) is 4. The predicted octanol–water partition coefficient (Wildman–Crippen LogP) is 4.20. The van der Waals surface area contributed by atoms with E-state index in [9.17, 15) is 9.59 Å². The van der Waals surface area contributed by atoms with Gasteiger partial charge in [0.2, 0.25) is 11.8 Å².